The number of aromatic nitrogens is 2. The predicted octanol–water partition coefficient (Wildman–Crippen LogP) is 0.953. The highest BCUT2D eigenvalue weighted by Gasteiger charge is 1.99. The van der Waals surface area contributed by atoms with Crippen molar-refractivity contribution in [2.75, 3.05) is 0 Å². The second-order valence-electron chi connectivity index (χ2n) is 2.45. The summed E-state index contributed by atoms with van der Waals surface area (Å²) in [7, 11) is 0. The van der Waals surface area contributed by atoms with Gasteiger partial charge in [0, 0.05) is 6.20 Å². The molecular weight excluding hydrogens is 140 g/mol. The monoisotopic (exact) mass is 152 g/mol. The molecule has 0 aliphatic heterocycles. The molecular formula is C8H12N2O. The molecule has 0 bridgehead atoms. The van der Waals surface area contributed by atoms with Crippen LogP contribution in [0.4, 0.5) is 0 Å². The number of rotatable bonds is 3. The van der Waals surface area contributed by atoms with Crippen molar-refractivity contribution in [1.29, 1.82) is 0 Å². The summed E-state index contributed by atoms with van der Waals surface area (Å²) in [6, 6.07) is 0. The van der Waals surface area contributed by atoms with Crippen molar-refractivity contribution in [1.82, 2.24) is 9.55 Å². The van der Waals surface area contributed by atoms with Gasteiger partial charge in [-0.2, -0.15) is 0 Å². The van der Waals surface area contributed by atoms with E-state index in [9.17, 15) is 4.79 Å². The highest BCUT2D eigenvalue weighted by atomic mass is 16.1. The number of imidazole rings is 1. The number of aldehydes is 1. The lowest BCUT2D eigenvalue weighted by molar-refractivity contribution is -0.108. The van der Waals surface area contributed by atoms with Crippen LogP contribution in [0.5, 0.6) is 0 Å². The van der Waals surface area contributed by atoms with Crippen LogP contribution >= 0.6 is 0 Å². The first-order valence-corrected chi connectivity index (χ1v) is 3.74. The fourth-order valence-electron chi connectivity index (χ4n) is 1.01. The number of carbonyl (C=O) groups excluding carboxylic acids is 1. The number of carbonyl (C=O) groups is 1. The minimum atomic E-state index is 0.416. The minimum absolute atomic E-state index is 0.416. The van der Waals surface area contributed by atoms with Gasteiger partial charge >= 0.3 is 0 Å². The van der Waals surface area contributed by atoms with Crippen LogP contribution in [0, 0.1) is 6.92 Å². The van der Waals surface area contributed by atoms with Crippen molar-refractivity contribution in [3.05, 3.63) is 17.7 Å². The van der Waals surface area contributed by atoms with Crippen LogP contribution in [-0.4, -0.2) is 15.8 Å². The lowest BCUT2D eigenvalue weighted by Crippen LogP contribution is -1.98. The van der Waals surface area contributed by atoms with Crippen LogP contribution < -0.4 is 0 Å². The Kier molecular flexibility index (Phi) is 2.41. The van der Waals surface area contributed by atoms with E-state index in [1.807, 2.05) is 24.6 Å². The predicted molar refractivity (Wildman–Crippen MR) is 42.4 cm³/mol. The smallest absolute Gasteiger partial charge is 0.139 e. The van der Waals surface area contributed by atoms with Gasteiger partial charge in [-0.15, -0.1) is 0 Å². The molecule has 0 aliphatic carbocycles. The highest BCUT2D eigenvalue weighted by molar-refractivity contribution is 5.49. The zero-order chi connectivity index (χ0) is 8.27. The van der Waals surface area contributed by atoms with Gasteiger partial charge in [0.25, 0.3) is 0 Å². The Labute approximate surface area is 66.1 Å². The average Bonchev–Trinajstić information content (AvgIpc) is 2.33. The Bertz CT molecular complexity index is 253. The zero-order valence-corrected chi connectivity index (χ0v) is 6.87. The van der Waals surface area contributed by atoms with E-state index in [4.69, 9.17) is 0 Å². The topological polar surface area (TPSA) is 34.9 Å². The molecule has 0 atom stereocenters. The van der Waals surface area contributed by atoms with E-state index in [1.165, 1.54) is 0 Å². The number of nitrogens with zero attached hydrogens (tertiary/aromatic N) is 2. The molecule has 1 aromatic rings. The van der Waals surface area contributed by atoms with Gasteiger partial charge in [0.1, 0.15) is 12.1 Å². The van der Waals surface area contributed by atoms with E-state index in [0.29, 0.717) is 6.54 Å². The largest absolute Gasteiger partial charge is 0.328 e. The summed E-state index contributed by atoms with van der Waals surface area (Å²) in [5, 5.41) is 0. The van der Waals surface area contributed by atoms with Crippen LogP contribution in [-0.2, 0) is 17.8 Å². The van der Waals surface area contributed by atoms with Crippen molar-refractivity contribution in [2.24, 2.45) is 0 Å². The molecule has 0 N–H and O–H groups in total. The van der Waals surface area contributed by atoms with Crippen molar-refractivity contribution in [3.63, 3.8) is 0 Å². The first-order chi connectivity index (χ1) is 5.27. The molecule has 0 radical (unpaired) electrons. The first-order valence-electron chi connectivity index (χ1n) is 3.74. The van der Waals surface area contributed by atoms with Crippen LogP contribution in [0.1, 0.15) is 18.4 Å². The third kappa shape index (κ3) is 1.67. The average molecular weight is 152 g/mol. The summed E-state index contributed by atoms with van der Waals surface area (Å²) in [6.07, 6.45) is 3.73. The molecule has 0 aromatic carbocycles. The van der Waals surface area contributed by atoms with Crippen LogP contribution in [0.15, 0.2) is 6.20 Å². The lowest BCUT2D eigenvalue weighted by Gasteiger charge is -1.94. The third-order valence-corrected chi connectivity index (χ3v) is 1.66. The van der Waals surface area contributed by atoms with E-state index < -0.39 is 0 Å². The Hall–Kier alpha value is -1.12. The molecule has 1 aromatic heterocycles. The molecule has 0 amide bonds. The summed E-state index contributed by atoms with van der Waals surface area (Å²) >= 11 is 0. The Morgan fingerprint density at radius 3 is 2.91 bits per heavy atom. The van der Waals surface area contributed by atoms with Crippen molar-refractivity contribution < 1.29 is 4.79 Å². The van der Waals surface area contributed by atoms with E-state index in [-0.39, 0.29) is 0 Å². The second-order valence-corrected chi connectivity index (χ2v) is 2.45. The maximum Gasteiger partial charge on any atom is 0.139 e. The van der Waals surface area contributed by atoms with Gasteiger partial charge in [0.05, 0.1) is 12.2 Å². The quantitative estimate of drug-likeness (QED) is 0.604. The van der Waals surface area contributed by atoms with Gasteiger partial charge in [-0.25, -0.2) is 4.98 Å². The van der Waals surface area contributed by atoms with Crippen LogP contribution in [0.25, 0.3) is 0 Å². The van der Waals surface area contributed by atoms with E-state index in [1.54, 1.807) is 0 Å². The second kappa shape index (κ2) is 3.32. The molecule has 0 aliphatic rings. The molecule has 0 fully saturated rings. The number of hydrogen-bond acceptors (Lipinski definition) is 2. The molecule has 60 valence electrons. The fourth-order valence-corrected chi connectivity index (χ4v) is 1.01. The fraction of sp³-hybridized carbons (Fsp3) is 0.500. The lowest BCUT2D eigenvalue weighted by atomic mass is 10.4. The first kappa shape index (κ1) is 7.98. The summed E-state index contributed by atoms with van der Waals surface area (Å²) in [6.45, 7) is 4.37. The third-order valence-electron chi connectivity index (χ3n) is 1.66. The van der Waals surface area contributed by atoms with Gasteiger partial charge < -0.3 is 9.36 Å². The molecule has 0 unspecified atom stereocenters. The summed E-state index contributed by atoms with van der Waals surface area (Å²) in [4.78, 5) is 14.4. The molecule has 0 spiro atoms. The molecule has 0 saturated carbocycles. The standard InChI is InChI=1S/C8H12N2O/c1-3-8-6-10(4-5-11)7(2)9-8/h5-6H,3-4H2,1-2H3. The zero-order valence-electron chi connectivity index (χ0n) is 6.87. The Balaban J connectivity index is 2.87. The molecule has 11 heavy (non-hydrogen) atoms. The van der Waals surface area contributed by atoms with Gasteiger partial charge in [0.2, 0.25) is 0 Å². The van der Waals surface area contributed by atoms with Gasteiger partial charge in [0.15, 0.2) is 0 Å². The van der Waals surface area contributed by atoms with E-state index in [0.717, 1.165) is 24.2 Å². The molecule has 1 rings (SSSR count). The maximum absolute atomic E-state index is 10.2. The summed E-state index contributed by atoms with van der Waals surface area (Å²) < 4.78 is 1.85. The van der Waals surface area contributed by atoms with Crippen molar-refractivity contribution in [2.45, 2.75) is 26.8 Å². The minimum Gasteiger partial charge on any atom is -0.328 e. The Morgan fingerprint density at radius 1 is 1.73 bits per heavy atom. The van der Waals surface area contributed by atoms with Crippen LogP contribution in [0.3, 0.4) is 0 Å². The van der Waals surface area contributed by atoms with Gasteiger partial charge in [-0.1, -0.05) is 6.92 Å². The highest BCUT2D eigenvalue weighted by Crippen LogP contribution is 2.01. The normalized spacial score (nSPS) is 10.0. The maximum atomic E-state index is 10.2. The van der Waals surface area contributed by atoms with Crippen molar-refractivity contribution in [3.8, 4) is 0 Å². The van der Waals surface area contributed by atoms with Crippen LogP contribution in [0.2, 0.25) is 0 Å². The van der Waals surface area contributed by atoms with Crippen molar-refractivity contribution >= 4 is 6.29 Å². The molecule has 3 heteroatoms. The summed E-state index contributed by atoms with van der Waals surface area (Å²) in [5.74, 6) is 0.911. The number of aryl methyl sites for hydroxylation is 2. The number of hydrogen-bond donors (Lipinski definition) is 0. The van der Waals surface area contributed by atoms with Gasteiger partial charge in [-0.05, 0) is 13.3 Å². The summed E-state index contributed by atoms with van der Waals surface area (Å²) in [5.41, 5.74) is 1.05. The SMILES string of the molecule is CCc1cn(CC=O)c(C)n1. The molecule has 1 heterocycles. The molecule has 3 nitrogen and oxygen atoms in total. The van der Waals surface area contributed by atoms with E-state index in [2.05, 4.69) is 4.98 Å². The Morgan fingerprint density at radius 2 is 2.45 bits per heavy atom. The van der Waals surface area contributed by atoms with Gasteiger partial charge in [-0.3, -0.25) is 0 Å². The van der Waals surface area contributed by atoms with E-state index >= 15 is 0 Å². The molecule has 0 saturated heterocycles.